The van der Waals surface area contributed by atoms with Crippen LogP contribution >= 0.6 is 23.1 Å². The van der Waals surface area contributed by atoms with Gasteiger partial charge >= 0.3 is 0 Å². The predicted octanol–water partition coefficient (Wildman–Crippen LogP) is 2.62. The maximum Gasteiger partial charge on any atom is 0.210 e. The summed E-state index contributed by atoms with van der Waals surface area (Å²) in [5.41, 5.74) is 1.89. The van der Waals surface area contributed by atoms with Gasteiger partial charge in [-0.25, -0.2) is 9.66 Å². The minimum absolute atomic E-state index is 0.605. The maximum absolute atomic E-state index is 6.04. The molecule has 0 atom stereocenters. The van der Waals surface area contributed by atoms with E-state index in [4.69, 9.17) is 10.3 Å². The molecule has 2 N–H and O–H groups in total. The molecule has 0 aliphatic heterocycles. The highest BCUT2D eigenvalue weighted by atomic mass is 32.2. The molecule has 104 valence electrons. The average molecular weight is 307 g/mol. The molecule has 3 heterocycles. The number of nitrogen functional groups attached to an aromatic ring is 1. The normalized spacial score (nSPS) is 11.1. The fraction of sp³-hybridized carbons (Fsp3) is 0.250. The topological polar surface area (TPSA) is 82.8 Å². The monoisotopic (exact) mass is 307 g/mol. The number of aryl methyl sites for hydroxylation is 2. The highest BCUT2D eigenvalue weighted by molar-refractivity contribution is 7.98. The number of rotatable bonds is 4. The molecule has 0 spiro atoms. The summed E-state index contributed by atoms with van der Waals surface area (Å²) in [6.07, 6.45) is 1.62. The summed E-state index contributed by atoms with van der Waals surface area (Å²) in [5, 5.41) is 12.0. The first-order chi connectivity index (χ1) is 9.65. The van der Waals surface area contributed by atoms with Crippen molar-refractivity contribution in [1.29, 1.82) is 0 Å². The number of nitrogens with two attached hydrogens (primary N) is 1. The first-order valence-corrected chi connectivity index (χ1v) is 7.80. The molecule has 0 radical (unpaired) electrons. The van der Waals surface area contributed by atoms with Gasteiger partial charge in [0.15, 0.2) is 5.82 Å². The minimum atomic E-state index is 0.605. The van der Waals surface area contributed by atoms with Gasteiger partial charge in [-0.2, -0.15) is 0 Å². The summed E-state index contributed by atoms with van der Waals surface area (Å²) in [6, 6.07) is 1.83. The van der Waals surface area contributed by atoms with Crippen LogP contribution in [0.4, 0.5) is 0 Å². The third-order valence-corrected chi connectivity index (χ3v) is 4.58. The zero-order chi connectivity index (χ0) is 14.1. The van der Waals surface area contributed by atoms with Crippen LogP contribution in [0.25, 0.3) is 11.4 Å². The third kappa shape index (κ3) is 2.44. The van der Waals surface area contributed by atoms with Crippen molar-refractivity contribution >= 4 is 23.1 Å². The Labute approximate surface area is 124 Å². The molecular formula is C12H13N5OS2. The number of thiazole rings is 1. The van der Waals surface area contributed by atoms with Crippen LogP contribution in [-0.4, -0.2) is 19.9 Å². The lowest BCUT2D eigenvalue weighted by Crippen LogP contribution is -2.11. The maximum atomic E-state index is 6.04. The summed E-state index contributed by atoms with van der Waals surface area (Å²) in [4.78, 5) is 4.41. The largest absolute Gasteiger partial charge is 0.469 e. The van der Waals surface area contributed by atoms with Crippen LogP contribution < -0.4 is 5.84 Å². The molecule has 0 saturated heterocycles. The number of hydrogen-bond donors (Lipinski definition) is 1. The van der Waals surface area contributed by atoms with E-state index in [-0.39, 0.29) is 0 Å². The second-order valence-electron chi connectivity index (χ2n) is 4.21. The Balaban J connectivity index is 1.79. The summed E-state index contributed by atoms with van der Waals surface area (Å²) < 4.78 is 6.75. The smallest absolute Gasteiger partial charge is 0.210 e. The standard InChI is InChI=1S/C12H13N5OS2/c1-7-10(3-4-18-7)11-15-16-12(17(11)13)20-6-9-5-19-8(2)14-9/h3-5H,6,13H2,1-2H3. The van der Waals surface area contributed by atoms with E-state index in [0.717, 1.165) is 27.8 Å². The average Bonchev–Trinajstić information content (AvgIpc) is 3.10. The Kier molecular flexibility index (Phi) is 3.49. The Hall–Kier alpha value is -1.80. The first kappa shape index (κ1) is 13.2. The summed E-state index contributed by atoms with van der Waals surface area (Å²) in [5.74, 6) is 8.15. The Morgan fingerprint density at radius 1 is 1.40 bits per heavy atom. The van der Waals surface area contributed by atoms with Gasteiger partial charge in [0.25, 0.3) is 0 Å². The zero-order valence-electron chi connectivity index (χ0n) is 11.0. The number of hydrogen-bond acceptors (Lipinski definition) is 7. The molecular weight excluding hydrogens is 294 g/mol. The lowest BCUT2D eigenvalue weighted by atomic mass is 10.2. The zero-order valence-corrected chi connectivity index (χ0v) is 12.7. The van der Waals surface area contributed by atoms with E-state index in [1.807, 2.05) is 25.3 Å². The van der Waals surface area contributed by atoms with Crippen molar-refractivity contribution in [2.75, 3.05) is 5.84 Å². The van der Waals surface area contributed by atoms with Gasteiger partial charge < -0.3 is 10.3 Å². The van der Waals surface area contributed by atoms with Gasteiger partial charge in [0.05, 0.1) is 22.5 Å². The van der Waals surface area contributed by atoms with Crippen LogP contribution in [0.15, 0.2) is 27.3 Å². The van der Waals surface area contributed by atoms with Crippen molar-refractivity contribution in [2.45, 2.75) is 24.8 Å². The molecule has 0 bridgehead atoms. The quantitative estimate of drug-likeness (QED) is 0.589. The molecule has 3 aromatic rings. The van der Waals surface area contributed by atoms with Gasteiger partial charge in [-0.15, -0.1) is 21.5 Å². The molecule has 0 saturated carbocycles. The minimum Gasteiger partial charge on any atom is -0.469 e. The molecule has 0 aliphatic carbocycles. The van der Waals surface area contributed by atoms with Crippen molar-refractivity contribution in [3.63, 3.8) is 0 Å². The molecule has 0 unspecified atom stereocenters. The van der Waals surface area contributed by atoms with E-state index >= 15 is 0 Å². The van der Waals surface area contributed by atoms with Crippen molar-refractivity contribution < 1.29 is 4.42 Å². The predicted molar refractivity (Wildman–Crippen MR) is 79.0 cm³/mol. The van der Waals surface area contributed by atoms with Crippen LogP contribution in [0.2, 0.25) is 0 Å². The Bertz CT molecular complexity index is 730. The van der Waals surface area contributed by atoms with E-state index in [0.29, 0.717) is 11.0 Å². The molecule has 8 heteroatoms. The van der Waals surface area contributed by atoms with Crippen LogP contribution in [0, 0.1) is 13.8 Å². The number of thioether (sulfide) groups is 1. The summed E-state index contributed by atoms with van der Waals surface area (Å²) >= 11 is 3.15. The molecule has 6 nitrogen and oxygen atoms in total. The van der Waals surface area contributed by atoms with Crippen molar-refractivity contribution in [1.82, 2.24) is 19.9 Å². The van der Waals surface area contributed by atoms with E-state index in [2.05, 4.69) is 15.2 Å². The van der Waals surface area contributed by atoms with Crippen molar-refractivity contribution in [2.24, 2.45) is 0 Å². The fourth-order valence-corrected chi connectivity index (χ4v) is 3.26. The Morgan fingerprint density at radius 2 is 2.25 bits per heavy atom. The van der Waals surface area contributed by atoms with E-state index in [9.17, 15) is 0 Å². The second-order valence-corrected chi connectivity index (χ2v) is 6.22. The van der Waals surface area contributed by atoms with E-state index in [1.54, 1.807) is 17.6 Å². The molecule has 3 rings (SSSR count). The highest BCUT2D eigenvalue weighted by Crippen LogP contribution is 2.26. The second kappa shape index (κ2) is 5.29. The summed E-state index contributed by atoms with van der Waals surface area (Å²) in [7, 11) is 0. The number of nitrogens with zero attached hydrogens (tertiary/aromatic N) is 4. The van der Waals surface area contributed by atoms with Gasteiger partial charge in [0, 0.05) is 11.1 Å². The fourth-order valence-electron chi connectivity index (χ4n) is 1.79. The SMILES string of the molecule is Cc1nc(CSc2nnc(-c3ccoc3C)n2N)cs1. The van der Waals surface area contributed by atoms with Gasteiger partial charge in [-0.05, 0) is 19.9 Å². The summed E-state index contributed by atoms with van der Waals surface area (Å²) in [6.45, 7) is 3.86. The van der Waals surface area contributed by atoms with Gasteiger partial charge in [0.1, 0.15) is 5.76 Å². The third-order valence-electron chi connectivity index (χ3n) is 2.78. The van der Waals surface area contributed by atoms with Crippen LogP contribution in [0.5, 0.6) is 0 Å². The molecule has 0 fully saturated rings. The van der Waals surface area contributed by atoms with E-state index in [1.165, 1.54) is 16.4 Å². The Morgan fingerprint density at radius 3 is 2.90 bits per heavy atom. The molecule has 3 aromatic heterocycles. The molecule has 20 heavy (non-hydrogen) atoms. The lowest BCUT2D eigenvalue weighted by molar-refractivity contribution is 0.535. The van der Waals surface area contributed by atoms with Gasteiger partial charge in [-0.3, -0.25) is 0 Å². The number of furan rings is 1. The van der Waals surface area contributed by atoms with E-state index < -0.39 is 0 Å². The van der Waals surface area contributed by atoms with Crippen molar-refractivity contribution in [3.8, 4) is 11.4 Å². The van der Waals surface area contributed by atoms with Gasteiger partial charge in [-0.1, -0.05) is 11.8 Å². The molecule has 0 aliphatic rings. The lowest BCUT2D eigenvalue weighted by Gasteiger charge is -2.01. The van der Waals surface area contributed by atoms with Crippen LogP contribution in [0.3, 0.4) is 0 Å². The van der Waals surface area contributed by atoms with Crippen LogP contribution in [0.1, 0.15) is 16.5 Å². The molecule has 0 amide bonds. The molecule has 0 aromatic carbocycles. The van der Waals surface area contributed by atoms with Crippen LogP contribution in [-0.2, 0) is 5.75 Å². The van der Waals surface area contributed by atoms with Crippen molar-refractivity contribution in [3.05, 3.63) is 34.2 Å². The highest BCUT2D eigenvalue weighted by Gasteiger charge is 2.15. The first-order valence-electron chi connectivity index (χ1n) is 5.94. The van der Waals surface area contributed by atoms with Gasteiger partial charge in [0.2, 0.25) is 5.16 Å². The number of aromatic nitrogens is 4.